The third-order valence-corrected chi connectivity index (χ3v) is 8.05. The number of rotatable bonds is 6. The Kier molecular flexibility index (Phi) is 5.79. The van der Waals surface area contributed by atoms with E-state index in [4.69, 9.17) is 0 Å². The Morgan fingerprint density at radius 3 is 2.27 bits per heavy atom. The molecule has 1 aromatic rings. The average molecular weight is 430 g/mol. The topological polar surface area (TPSA) is 78.0 Å². The number of sulfonamides is 1. The maximum Gasteiger partial charge on any atom is 0.249 e. The molecule has 0 aromatic heterocycles. The van der Waals surface area contributed by atoms with Gasteiger partial charge in [-0.05, 0) is 43.9 Å². The predicted molar refractivity (Wildman–Crippen MR) is 113 cm³/mol. The molecule has 2 heterocycles. The lowest BCUT2D eigenvalue weighted by atomic mass is 10.0. The first-order chi connectivity index (χ1) is 14.4. The quantitative estimate of drug-likeness (QED) is 0.510. The molecule has 30 heavy (non-hydrogen) atoms. The summed E-state index contributed by atoms with van der Waals surface area (Å²) >= 11 is 0. The highest BCUT2D eigenvalue weighted by atomic mass is 32.2. The lowest BCUT2D eigenvalue weighted by Crippen LogP contribution is -2.53. The van der Waals surface area contributed by atoms with E-state index in [0.29, 0.717) is 37.4 Å². The second-order valence-corrected chi connectivity index (χ2v) is 9.85. The van der Waals surface area contributed by atoms with Crippen LogP contribution in [0.5, 0.6) is 0 Å². The van der Waals surface area contributed by atoms with Gasteiger partial charge >= 0.3 is 0 Å². The van der Waals surface area contributed by atoms with Gasteiger partial charge in [0.2, 0.25) is 21.8 Å². The second kappa shape index (κ2) is 8.35. The summed E-state index contributed by atoms with van der Waals surface area (Å²) in [7, 11) is -3.56. The van der Waals surface area contributed by atoms with Crippen molar-refractivity contribution < 1.29 is 18.0 Å². The summed E-state index contributed by atoms with van der Waals surface area (Å²) in [6.07, 6.45) is 7.76. The van der Waals surface area contributed by atoms with E-state index in [9.17, 15) is 18.0 Å². The highest BCUT2D eigenvalue weighted by Gasteiger charge is 2.44. The molecular formula is C22H27N3O4S. The molecule has 4 rings (SSSR count). The zero-order valence-corrected chi connectivity index (χ0v) is 17.7. The van der Waals surface area contributed by atoms with Crippen molar-refractivity contribution in [3.05, 3.63) is 55.1 Å². The van der Waals surface area contributed by atoms with Crippen LogP contribution in [-0.4, -0.2) is 72.1 Å². The first kappa shape index (κ1) is 20.8. The molecule has 1 aliphatic carbocycles. The van der Waals surface area contributed by atoms with Crippen LogP contribution in [0.25, 0.3) is 0 Å². The summed E-state index contributed by atoms with van der Waals surface area (Å²) in [4.78, 5) is 28.6. The Labute approximate surface area is 177 Å². The van der Waals surface area contributed by atoms with Crippen molar-refractivity contribution >= 4 is 21.8 Å². The Morgan fingerprint density at radius 1 is 1.03 bits per heavy atom. The Morgan fingerprint density at radius 2 is 1.67 bits per heavy atom. The van der Waals surface area contributed by atoms with E-state index >= 15 is 0 Å². The van der Waals surface area contributed by atoms with Gasteiger partial charge in [0, 0.05) is 31.7 Å². The van der Waals surface area contributed by atoms with Gasteiger partial charge < -0.3 is 9.80 Å². The molecule has 2 aliphatic heterocycles. The molecule has 7 nitrogen and oxygen atoms in total. The fraction of sp³-hybridized carbons (Fsp3) is 0.455. The summed E-state index contributed by atoms with van der Waals surface area (Å²) in [5.41, 5.74) is 0. The number of carbonyl (C=O) groups is 2. The van der Waals surface area contributed by atoms with Gasteiger partial charge in [-0.25, -0.2) is 8.42 Å². The fourth-order valence-corrected chi connectivity index (χ4v) is 6.29. The van der Waals surface area contributed by atoms with Gasteiger partial charge in [-0.3, -0.25) is 9.59 Å². The van der Waals surface area contributed by atoms with Crippen molar-refractivity contribution in [1.29, 1.82) is 0 Å². The largest absolute Gasteiger partial charge is 0.341 e. The zero-order chi connectivity index (χ0) is 21.3. The van der Waals surface area contributed by atoms with E-state index in [1.165, 1.54) is 11.0 Å². The number of likely N-dealkylation sites (tertiary alicyclic amines) is 1. The lowest BCUT2D eigenvalue weighted by Gasteiger charge is -2.39. The smallest absolute Gasteiger partial charge is 0.249 e. The predicted octanol–water partition coefficient (Wildman–Crippen LogP) is 1.78. The van der Waals surface area contributed by atoms with Gasteiger partial charge in [0.05, 0.1) is 4.90 Å². The molecule has 0 spiro atoms. The minimum absolute atomic E-state index is 0.0564. The molecule has 2 amide bonds. The van der Waals surface area contributed by atoms with Crippen LogP contribution in [0.4, 0.5) is 0 Å². The molecule has 2 fully saturated rings. The summed E-state index contributed by atoms with van der Waals surface area (Å²) in [5.74, 6) is -0.372. The van der Waals surface area contributed by atoms with Crippen molar-refractivity contribution in [2.24, 2.45) is 0 Å². The molecule has 0 N–H and O–H groups in total. The molecular weight excluding hydrogens is 402 g/mol. The number of amides is 2. The Balaban J connectivity index is 1.44. The normalized spacial score (nSPS) is 22.5. The van der Waals surface area contributed by atoms with E-state index in [1.54, 1.807) is 39.5 Å². The highest BCUT2D eigenvalue weighted by molar-refractivity contribution is 7.89. The summed E-state index contributed by atoms with van der Waals surface area (Å²) < 4.78 is 28.2. The highest BCUT2D eigenvalue weighted by Crippen LogP contribution is 2.36. The standard InChI is InChI=1S/C22H27N3O4S/c1-2-21(26)24-14-6-9-20(24)22(27)23-15-12-18(13-16-23)25(17-10-11-17)30(28,29)19-7-4-3-5-8-19/h2-9,17-18,20H,1,10-16H2/t20-/m0/s1. The van der Waals surface area contributed by atoms with Crippen LogP contribution >= 0.6 is 0 Å². The molecule has 0 bridgehead atoms. The van der Waals surface area contributed by atoms with Crippen LogP contribution in [-0.2, 0) is 19.6 Å². The molecule has 1 atom stereocenters. The number of benzene rings is 1. The Bertz CT molecular complexity index is 948. The van der Waals surface area contributed by atoms with Crippen LogP contribution in [0.3, 0.4) is 0 Å². The van der Waals surface area contributed by atoms with Crippen LogP contribution < -0.4 is 0 Å². The monoisotopic (exact) mass is 429 g/mol. The van der Waals surface area contributed by atoms with Crippen molar-refractivity contribution in [2.45, 2.75) is 48.7 Å². The summed E-state index contributed by atoms with van der Waals surface area (Å²) in [6, 6.07) is 7.91. The second-order valence-electron chi connectivity index (χ2n) is 8.00. The number of nitrogens with zero attached hydrogens (tertiary/aromatic N) is 3. The zero-order valence-electron chi connectivity index (χ0n) is 16.9. The van der Waals surface area contributed by atoms with Crippen molar-refractivity contribution in [2.75, 3.05) is 19.6 Å². The first-order valence-electron chi connectivity index (χ1n) is 10.4. The maximum absolute atomic E-state index is 13.3. The van der Waals surface area contributed by atoms with Gasteiger partial charge in [-0.1, -0.05) is 36.9 Å². The molecule has 0 unspecified atom stereocenters. The van der Waals surface area contributed by atoms with E-state index in [-0.39, 0.29) is 23.9 Å². The molecule has 3 aliphatic rings. The van der Waals surface area contributed by atoms with Crippen molar-refractivity contribution in [1.82, 2.24) is 14.1 Å². The molecule has 8 heteroatoms. The van der Waals surface area contributed by atoms with Gasteiger partial charge in [0.25, 0.3) is 0 Å². The number of hydrogen-bond donors (Lipinski definition) is 0. The van der Waals surface area contributed by atoms with Crippen LogP contribution in [0, 0.1) is 0 Å². The number of piperidine rings is 1. The van der Waals surface area contributed by atoms with E-state index in [1.807, 2.05) is 12.1 Å². The summed E-state index contributed by atoms with van der Waals surface area (Å²) in [5, 5.41) is 0. The van der Waals surface area contributed by atoms with E-state index in [2.05, 4.69) is 6.58 Å². The van der Waals surface area contributed by atoms with Crippen molar-refractivity contribution in [3.63, 3.8) is 0 Å². The number of carbonyl (C=O) groups excluding carboxylic acids is 2. The van der Waals surface area contributed by atoms with Gasteiger partial charge in [-0.15, -0.1) is 0 Å². The molecule has 1 aromatic carbocycles. The lowest BCUT2D eigenvalue weighted by molar-refractivity contribution is -0.141. The van der Waals surface area contributed by atoms with E-state index in [0.717, 1.165) is 12.8 Å². The fourth-order valence-electron chi connectivity index (χ4n) is 4.34. The number of hydrogen-bond acceptors (Lipinski definition) is 4. The Hall–Kier alpha value is -2.45. The minimum atomic E-state index is -3.56. The molecule has 1 saturated carbocycles. The molecule has 160 valence electrons. The minimum Gasteiger partial charge on any atom is -0.341 e. The maximum atomic E-state index is 13.3. The third-order valence-electron chi connectivity index (χ3n) is 6.03. The first-order valence-corrected chi connectivity index (χ1v) is 11.8. The third kappa shape index (κ3) is 3.94. The van der Waals surface area contributed by atoms with Crippen LogP contribution in [0.15, 0.2) is 60.0 Å². The molecule has 1 saturated heterocycles. The van der Waals surface area contributed by atoms with Crippen LogP contribution in [0.1, 0.15) is 25.7 Å². The SMILES string of the molecule is C=CC(=O)N1CC=C[C@H]1C(=O)N1CCC(N(C2CC2)S(=O)(=O)c2ccccc2)CC1. The van der Waals surface area contributed by atoms with Crippen LogP contribution in [0.2, 0.25) is 0 Å². The van der Waals surface area contributed by atoms with Gasteiger partial charge in [-0.2, -0.15) is 4.31 Å². The average Bonchev–Trinajstić information content (AvgIpc) is 3.47. The van der Waals surface area contributed by atoms with Crippen molar-refractivity contribution in [3.8, 4) is 0 Å². The molecule has 0 radical (unpaired) electrons. The van der Waals surface area contributed by atoms with Gasteiger partial charge in [0.15, 0.2) is 0 Å². The van der Waals surface area contributed by atoms with Gasteiger partial charge in [0.1, 0.15) is 6.04 Å². The van der Waals surface area contributed by atoms with E-state index < -0.39 is 16.1 Å². The summed E-state index contributed by atoms with van der Waals surface area (Å²) in [6.45, 7) is 4.88.